The van der Waals surface area contributed by atoms with Gasteiger partial charge in [-0.05, 0) is 18.9 Å². The van der Waals surface area contributed by atoms with Crippen LogP contribution in [0.1, 0.15) is 26.7 Å². The van der Waals surface area contributed by atoms with Crippen LogP contribution in [-0.2, 0) is 0 Å². The van der Waals surface area contributed by atoms with E-state index in [0.717, 1.165) is 18.5 Å². The number of hydrogen-bond acceptors (Lipinski definition) is 3. The molecule has 0 amide bonds. The zero-order valence-corrected chi connectivity index (χ0v) is 9.20. The van der Waals surface area contributed by atoms with Crippen LogP contribution in [0.5, 0.6) is 0 Å². The maximum Gasteiger partial charge on any atom is 0.125 e. The van der Waals surface area contributed by atoms with Gasteiger partial charge in [-0.15, -0.1) is 0 Å². The Kier molecular flexibility index (Phi) is 3.74. The van der Waals surface area contributed by atoms with E-state index in [-0.39, 0.29) is 0 Å². The molecule has 0 aliphatic heterocycles. The van der Waals surface area contributed by atoms with Crippen LogP contribution in [0, 0.1) is 0 Å². The summed E-state index contributed by atoms with van der Waals surface area (Å²) >= 11 is 0. The molecule has 0 aliphatic rings. The number of pyridine rings is 1. The summed E-state index contributed by atoms with van der Waals surface area (Å²) < 4.78 is 0. The maximum absolute atomic E-state index is 5.64. The molecule has 1 aromatic heterocycles. The Morgan fingerprint density at radius 3 is 2.57 bits per heavy atom. The highest BCUT2D eigenvalue weighted by Crippen LogP contribution is 2.19. The van der Waals surface area contributed by atoms with Crippen molar-refractivity contribution in [1.29, 1.82) is 0 Å². The average molecular weight is 193 g/mol. The van der Waals surface area contributed by atoms with Crippen LogP contribution < -0.4 is 10.6 Å². The molecule has 14 heavy (non-hydrogen) atoms. The molecule has 1 rings (SSSR count). The van der Waals surface area contributed by atoms with Crippen molar-refractivity contribution in [3.63, 3.8) is 0 Å². The van der Waals surface area contributed by atoms with Gasteiger partial charge in [0, 0.05) is 31.0 Å². The SMILES string of the molecule is CCC(CC)N(C)c1ccnc(N)c1. The van der Waals surface area contributed by atoms with E-state index in [0.29, 0.717) is 11.9 Å². The molecule has 0 saturated heterocycles. The lowest BCUT2D eigenvalue weighted by Gasteiger charge is -2.28. The quantitative estimate of drug-likeness (QED) is 0.797. The van der Waals surface area contributed by atoms with Crippen LogP contribution in [-0.4, -0.2) is 18.1 Å². The Bertz CT molecular complexity index is 282. The second-order valence-electron chi connectivity index (χ2n) is 3.52. The molecule has 2 N–H and O–H groups in total. The van der Waals surface area contributed by atoms with Crippen molar-refractivity contribution in [2.24, 2.45) is 0 Å². The lowest BCUT2D eigenvalue weighted by Crippen LogP contribution is -2.30. The van der Waals surface area contributed by atoms with Gasteiger partial charge in [-0.2, -0.15) is 0 Å². The molecule has 0 atom stereocenters. The molecule has 0 saturated carbocycles. The van der Waals surface area contributed by atoms with Crippen molar-refractivity contribution >= 4 is 11.5 Å². The monoisotopic (exact) mass is 193 g/mol. The highest BCUT2D eigenvalue weighted by atomic mass is 15.1. The Balaban J connectivity index is 2.82. The van der Waals surface area contributed by atoms with Gasteiger partial charge in [-0.1, -0.05) is 13.8 Å². The molecule has 0 radical (unpaired) electrons. The van der Waals surface area contributed by atoms with Crippen LogP contribution in [0.15, 0.2) is 18.3 Å². The summed E-state index contributed by atoms with van der Waals surface area (Å²) in [6, 6.07) is 4.49. The van der Waals surface area contributed by atoms with Crippen molar-refractivity contribution in [2.45, 2.75) is 32.7 Å². The predicted molar refractivity (Wildman–Crippen MR) is 61.4 cm³/mol. The highest BCUT2D eigenvalue weighted by Gasteiger charge is 2.10. The Labute approximate surface area is 85.9 Å². The van der Waals surface area contributed by atoms with Crippen LogP contribution in [0.4, 0.5) is 11.5 Å². The fourth-order valence-electron chi connectivity index (χ4n) is 1.70. The number of nitrogens with zero attached hydrogens (tertiary/aromatic N) is 2. The molecule has 3 heteroatoms. The minimum Gasteiger partial charge on any atom is -0.384 e. The number of nitrogen functional groups attached to an aromatic ring is 1. The van der Waals surface area contributed by atoms with Gasteiger partial charge in [0.25, 0.3) is 0 Å². The van der Waals surface area contributed by atoms with Crippen LogP contribution >= 0.6 is 0 Å². The Morgan fingerprint density at radius 1 is 1.43 bits per heavy atom. The van der Waals surface area contributed by atoms with Crippen molar-refractivity contribution in [3.05, 3.63) is 18.3 Å². The van der Waals surface area contributed by atoms with Gasteiger partial charge in [0.2, 0.25) is 0 Å². The average Bonchev–Trinajstić information content (AvgIpc) is 2.19. The van der Waals surface area contributed by atoms with Gasteiger partial charge >= 0.3 is 0 Å². The van der Waals surface area contributed by atoms with E-state index in [1.54, 1.807) is 6.20 Å². The fourth-order valence-corrected chi connectivity index (χ4v) is 1.70. The van der Waals surface area contributed by atoms with E-state index in [1.165, 1.54) is 0 Å². The standard InChI is InChI=1S/C11H19N3/c1-4-9(5-2)14(3)10-6-7-13-11(12)8-10/h6-9H,4-5H2,1-3H3,(H2,12,13). The minimum absolute atomic E-state index is 0.580. The number of hydrogen-bond donors (Lipinski definition) is 1. The first kappa shape index (κ1) is 10.8. The second kappa shape index (κ2) is 4.84. The lowest BCUT2D eigenvalue weighted by molar-refractivity contribution is 0.591. The minimum atomic E-state index is 0.580. The molecule has 0 bridgehead atoms. The maximum atomic E-state index is 5.64. The Morgan fingerprint density at radius 2 is 2.07 bits per heavy atom. The van der Waals surface area contributed by atoms with Gasteiger partial charge in [0.15, 0.2) is 0 Å². The molecule has 0 unspecified atom stereocenters. The first-order valence-corrected chi connectivity index (χ1v) is 5.13. The van der Waals surface area contributed by atoms with E-state index >= 15 is 0 Å². The van der Waals surface area contributed by atoms with Crippen LogP contribution in [0.2, 0.25) is 0 Å². The van der Waals surface area contributed by atoms with Crippen LogP contribution in [0.25, 0.3) is 0 Å². The summed E-state index contributed by atoms with van der Waals surface area (Å²) in [5.41, 5.74) is 6.79. The topological polar surface area (TPSA) is 42.2 Å². The van der Waals surface area contributed by atoms with E-state index in [1.807, 2.05) is 12.1 Å². The first-order chi connectivity index (χ1) is 6.69. The third-order valence-electron chi connectivity index (χ3n) is 2.66. The molecule has 1 aromatic rings. The lowest BCUT2D eigenvalue weighted by atomic mass is 10.1. The third kappa shape index (κ3) is 2.37. The number of aromatic nitrogens is 1. The van der Waals surface area contributed by atoms with Gasteiger partial charge in [-0.3, -0.25) is 0 Å². The number of nitrogens with two attached hydrogens (primary N) is 1. The van der Waals surface area contributed by atoms with Gasteiger partial charge in [-0.25, -0.2) is 4.98 Å². The molecule has 1 heterocycles. The van der Waals surface area contributed by atoms with Crippen molar-refractivity contribution in [2.75, 3.05) is 17.7 Å². The molecule has 0 fully saturated rings. The largest absolute Gasteiger partial charge is 0.384 e. The summed E-state index contributed by atoms with van der Waals surface area (Å²) in [5.74, 6) is 0.584. The fraction of sp³-hybridized carbons (Fsp3) is 0.545. The third-order valence-corrected chi connectivity index (χ3v) is 2.66. The molecule has 78 valence electrons. The van der Waals surface area contributed by atoms with E-state index in [9.17, 15) is 0 Å². The van der Waals surface area contributed by atoms with E-state index < -0.39 is 0 Å². The normalized spacial score (nSPS) is 10.6. The van der Waals surface area contributed by atoms with Crippen molar-refractivity contribution in [3.8, 4) is 0 Å². The van der Waals surface area contributed by atoms with E-state index in [4.69, 9.17) is 5.73 Å². The number of anilines is 2. The zero-order chi connectivity index (χ0) is 10.6. The molecular weight excluding hydrogens is 174 g/mol. The second-order valence-corrected chi connectivity index (χ2v) is 3.52. The van der Waals surface area contributed by atoms with Crippen molar-refractivity contribution < 1.29 is 0 Å². The summed E-state index contributed by atoms with van der Waals surface area (Å²) in [4.78, 5) is 6.25. The summed E-state index contributed by atoms with van der Waals surface area (Å²) in [7, 11) is 2.10. The van der Waals surface area contributed by atoms with E-state index in [2.05, 4.69) is 30.8 Å². The highest BCUT2D eigenvalue weighted by molar-refractivity contribution is 5.52. The molecule has 0 spiro atoms. The van der Waals surface area contributed by atoms with Gasteiger partial charge in [0.1, 0.15) is 5.82 Å². The smallest absolute Gasteiger partial charge is 0.125 e. The van der Waals surface area contributed by atoms with Gasteiger partial charge in [0.05, 0.1) is 0 Å². The number of rotatable bonds is 4. The molecule has 0 aromatic carbocycles. The predicted octanol–water partition coefficient (Wildman–Crippen LogP) is 2.29. The first-order valence-electron chi connectivity index (χ1n) is 5.13. The summed E-state index contributed by atoms with van der Waals surface area (Å²) in [6.07, 6.45) is 4.05. The van der Waals surface area contributed by atoms with Crippen LogP contribution in [0.3, 0.4) is 0 Å². The van der Waals surface area contributed by atoms with Gasteiger partial charge < -0.3 is 10.6 Å². The Hall–Kier alpha value is -1.25. The van der Waals surface area contributed by atoms with Crippen molar-refractivity contribution in [1.82, 2.24) is 4.98 Å². The molecular formula is C11H19N3. The molecule has 3 nitrogen and oxygen atoms in total. The molecule has 0 aliphatic carbocycles. The zero-order valence-electron chi connectivity index (χ0n) is 9.20. The summed E-state index contributed by atoms with van der Waals surface area (Å²) in [6.45, 7) is 4.41. The summed E-state index contributed by atoms with van der Waals surface area (Å²) in [5, 5.41) is 0.